The lowest BCUT2D eigenvalue weighted by molar-refractivity contribution is 0.580. The zero-order valence-electron chi connectivity index (χ0n) is 10.6. The second kappa shape index (κ2) is 5.11. The number of hydrogen-bond donors (Lipinski definition) is 2. The third-order valence-electron chi connectivity index (χ3n) is 2.79. The molecule has 0 aromatic carbocycles. The van der Waals surface area contributed by atoms with Crippen LogP contribution in [0.15, 0.2) is 41.1 Å². The fourth-order valence-corrected chi connectivity index (χ4v) is 1.89. The summed E-state index contributed by atoms with van der Waals surface area (Å²) in [7, 11) is 1.91. The molecule has 3 aromatic heterocycles. The van der Waals surface area contributed by atoms with Crippen molar-refractivity contribution in [1.29, 1.82) is 0 Å². The van der Waals surface area contributed by atoms with Gasteiger partial charge in [0.15, 0.2) is 5.76 Å². The van der Waals surface area contributed by atoms with Crippen LogP contribution in [0.2, 0.25) is 0 Å². The Balaban J connectivity index is 1.56. The number of furan rings is 1. The van der Waals surface area contributed by atoms with Gasteiger partial charge in [-0.05, 0) is 24.3 Å². The van der Waals surface area contributed by atoms with Gasteiger partial charge in [0.25, 0.3) is 0 Å². The fourth-order valence-electron chi connectivity index (χ4n) is 1.89. The van der Waals surface area contributed by atoms with Crippen LogP contribution in [-0.4, -0.2) is 20.0 Å². The molecule has 0 aliphatic heterocycles. The first-order chi connectivity index (χ1) is 9.31. The highest BCUT2D eigenvalue weighted by Crippen LogP contribution is 2.17. The second-order valence-electron chi connectivity index (χ2n) is 4.34. The number of nitrogens with zero attached hydrogens (tertiary/aromatic N) is 3. The molecule has 0 aliphatic carbocycles. The van der Waals surface area contributed by atoms with Gasteiger partial charge in [0.05, 0.1) is 12.0 Å². The highest BCUT2D eigenvalue weighted by Gasteiger charge is 2.06. The molecule has 3 aromatic rings. The zero-order chi connectivity index (χ0) is 13.1. The molecule has 6 nitrogen and oxygen atoms in total. The maximum Gasteiger partial charge on any atom is 0.154 e. The number of aromatic nitrogens is 4. The lowest BCUT2D eigenvalue weighted by atomic mass is 10.3. The van der Waals surface area contributed by atoms with Crippen LogP contribution in [0.5, 0.6) is 0 Å². The summed E-state index contributed by atoms with van der Waals surface area (Å²) in [5, 5.41) is 14.8. The summed E-state index contributed by atoms with van der Waals surface area (Å²) in [6, 6.07) is 7.71. The Bertz CT molecular complexity index is 638. The van der Waals surface area contributed by atoms with E-state index in [9.17, 15) is 0 Å². The van der Waals surface area contributed by atoms with Crippen LogP contribution >= 0.6 is 0 Å². The van der Waals surface area contributed by atoms with Gasteiger partial charge in [-0.2, -0.15) is 10.2 Å². The van der Waals surface area contributed by atoms with E-state index in [0.717, 1.165) is 29.4 Å². The van der Waals surface area contributed by atoms with Crippen molar-refractivity contribution in [2.75, 3.05) is 0 Å². The van der Waals surface area contributed by atoms with Crippen LogP contribution in [0, 0.1) is 0 Å². The van der Waals surface area contributed by atoms with Gasteiger partial charge in [0, 0.05) is 32.0 Å². The van der Waals surface area contributed by atoms with E-state index in [2.05, 4.69) is 20.6 Å². The summed E-state index contributed by atoms with van der Waals surface area (Å²) in [5.41, 5.74) is 2.86. The van der Waals surface area contributed by atoms with Gasteiger partial charge in [-0.25, -0.2) is 0 Å². The van der Waals surface area contributed by atoms with Crippen molar-refractivity contribution in [2.24, 2.45) is 7.05 Å². The summed E-state index contributed by atoms with van der Waals surface area (Å²) >= 11 is 0. The van der Waals surface area contributed by atoms with Crippen LogP contribution in [-0.2, 0) is 20.1 Å². The van der Waals surface area contributed by atoms with E-state index in [1.54, 1.807) is 10.9 Å². The van der Waals surface area contributed by atoms with Gasteiger partial charge in [-0.1, -0.05) is 0 Å². The second-order valence-corrected chi connectivity index (χ2v) is 4.34. The molecule has 0 fully saturated rings. The first-order valence-corrected chi connectivity index (χ1v) is 6.08. The smallest absolute Gasteiger partial charge is 0.154 e. The summed E-state index contributed by atoms with van der Waals surface area (Å²) < 4.78 is 7.09. The Labute approximate surface area is 110 Å². The fraction of sp³-hybridized carbons (Fsp3) is 0.231. The summed E-state index contributed by atoms with van der Waals surface area (Å²) in [5.74, 6) is 0.771. The van der Waals surface area contributed by atoms with Gasteiger partial charge in [0.1, 0.15) is 5.69 Å². The lowest BCUT2D eigenvalue weighted by Gasteiger charge is -1.99. The van der Waals surface area contributed by atoms with Gasteiger partial charge in [0.2, 0.25) is 0 Å². The highest BCUT2D eigenvalue weighted by molar-refractivity contribution is 5.51. The number of nitrogens with one attached hydrogen (secondary N) is 2. The molecule has 0 saturated carbocycles. The Kier molecular flexibility index (Phi) is 3.16. The van der Waals surface area contributed by atoms with Crippen LogP contribution in [0.25, 0.3) is 11.5 Å². The third kappa shape index (κ3) is 2.74. The average Bonchev–Trinajstić information content (AvgIpc) is 3.09. The van der Waals surface area contributed by atoms with Gasteiger partial charge >= 0.3 is 0 Å². The number of aromatic amines is 1. The molecule has 0 amide bonds. The van der Waals surface area contributed by atoms with E-state index in [-0.39, 0.29) is 0 Å². The molecule has 6 heteroatoms. The summed E-state index contributed by atoms with van der Waals surface area (Å²) in [6.45, 7) is 1.44. The van der Waals surface area contributed by atoms with E-state index in [1.807, 2.05) is 37.5 Å². The van der Waals surface area contributed by atoms with Crippen molar-refractivity contribution >= 4 is 0 Å². The monoisotopic (exact) mass is 257 g/mol. The SMILES string of the molecule is Cn1ccc(CNCc2cc(-c3ccco3)n[nH]2)n1. The predicted molar refractivity (Wildman–Crippen MR) is 70.0 cm³/mol. The van der Waals surface area contributed by atoms with Crippen molar-refractivity contribution in [2.45, 2.75) is 13.1 Å². The van der Waals surface area contributed by atoms with Crippen molar-refractivity contribution in [3.05, 3.63) is 48.1 Å². The quantitative estimate of drug-likeness (QED) is 0.729. The molecular formula is C13H15N5O. The molecular weight excluding hydrogens is 242 g/mol. The number of rotatable bonds is 5. The zero-order valence-corrected chi connectivity index (χ0v) is 10.6. The maximum absolute atomic E-state index is 5.29. The molecule has 0 aliphatic rings. The molecule has 0 unspecified atom stereocenters. The number of H-pyrrole nitrogens is 1. The van der Waals surface area contributed by atoms with Gasteiger partial charge in [-0.3, -0.25) is 9.78 Å². The van der Waals surface area contributed by atoms with Crippen molar-refractivity contribution in [3.63, 3.8) is 0 Å². The lowest BCUT2D eigenvalue weighted by Crippen LogP contribution is -2.13. The first kappa shape index (κ1) is 11.7. The third-order valence-corrected chi connectivity index (χ3v) is 2.79. The van der Waals surface area contributed by atoms with Crippen LogP contribution in [0.3, 0.4) is 0 Å². The van der Waals surface area contributed by atoms with E-state index in [1.165, 1.54) is 0 Å². The highest BCUT2D eigenvalue weighted by atomic mass is 16.3. The Hall–Kier alpha value is -2.34. The minimum absolute atomic E-state index is 0.713. The molecule has 19 heavy (non-hydrogen) atoms. The van der Waals surface area contributed by atoms with E-state index in [4.69, 9.17) is 4.42 Å². The molecule has 0 atom stereocenters. The standard InChI is InChI=1S/C13H15N5O/c1-18-5-4-10(17-18)8-14-9-11-7-12(16-15-11)13-3-2-6-19-13/h2-7,14H,8-9H2,1H3,(H,15,16). The Morgan fingerprint density at radius 3 is 3.05 bits per heavy atom. The number of hydrogen-bond acceptors (Lipinski definition) is 4. The largest absolute Gasteiger partial charge is 0.463 e. The molecule has 0 saturated heterocycles. The van der Waals surface area contributed by atoms with Crippen LogP contribution < -0.4 is 5.32 Å². The first-order valence-electron chi connectivity index (χ1n) is 6.08. The molecule has 3 heterocycles. The Morgan fingerprint density at radius 2 is 2.32 bits per heavy atom. The molecule has 0 bridgehead atoms. The molecule has 2 N–H and O–H groups in total. The van der Waals surface area contributed by atoms with Crippen molar-refractivity contribution in [1.82, 2.24) is 25.3 Å². The minimum Gasteiger partial charge on any atom is -0.463 e. The van der Waals surface area contributed by atoms with Crippen molar-refractivity contribution < 1.29 is 4.42 Å². The minimum atomic E-state index is 0.713. The van der Waals surface area contributed by atoms with Gasteiger partial charge in [-0.15, -0.1) is 0 Å². The predicted octanol–water partition coefficient (Wildman–Crippen LogP) is 1.69. The van der Waals surface area contributed by atoms with Crippen LogP contribution in [0.1, 0.15) is 11.4 Å². The normalized spacial score (nSPS) is 11.0. The molecule has 0 radical (unpaired) electrons. The van der Waals surface area contributed by atoms with Crippen molar-refractivity contribution in [3.8, 4) is 11.5 Å². The van der Waals surface area contributed by atoms with E-state index < -0.39 is 0 Å². The number of aryl methyl sites for hydroxylation is 1. The van der Waals surface area contributed by atoms with Crippen LogP contribution in [0.4, 0.5) is 0 Å². The molecule has 3 rings (SSSR count). The average molecular weight is 257 g/mol. The van der Waals surface area contributed by atoms with Gasteiger partial charge < -0.3 is 9.73 Å². The summed E-state index contributed by atoms with van der Waals surface area (Å²) in [4.78, 5) is 0. The maximum atomic E-state index is 5.29. The molecule has 0 spiro atoms. The molecule has 98 valence electrons. The summed E-state index contributed by atoms with van der Waals surface area (Å²) in [6.07, 6.45) is 3.57. The Morgan fingerprint density at radius 1 is 1.37 bits per heavy atom. The van der Waals surface area contributed by atoms with E-state index in [0.29, 0.717) is 6.54 Å². The topological polar surface area (TPSA) is 71.7 Å². The van der Waals surface area contributed by atoms with E-state index >= 15 is 0 Å².